The molecule has 2 saturated heterocycles. The van der Waals surface area contributed by atoms with Crippen molar-refractivity contribution in [2.75, 3.05) is 13.2 Å². The highest BCUT2D eigenvalue weighted by Crippen LogP contribution is 2.25. The third kappa shape index (κ3) is 5.31. The monoisotopic (exact) mass is 366 g/mol. The smallest absolute Gasteiger partial charge is 0.186 e. The quantitative estimate of drug-likeness (QED) is 0.456. The number of aliphatic hydroxyl groups excluding tert-OH is 4. The number of rotatable bonds is 6. The zero-order chi connectivity index (χ0) is 18.7. The van der Waals surface area contributed by atoms with Gasteiger partial charge >= 0.3 is 0 Å². The Morgan fingerprint density at radius 3 is 1.76 bits per heavy atom. The summed E-state index contributed by atoms with van der Waals surface area (Å²) in [5, 5.41) is 40.6. The van der Waals surface area contributed by atoms with Crippen LogP contribution in [0.4, 0.5) is 0 Å². The maximum absolute atomic E-state index is 10.2. The molecular weight excluding hydrogens is 336 g/mol. The Hall–Kier alpha value is -0.360. The molecule has 0 aromatic rings. The molecule has 0 bridgehead atoms. The average Bonchev–Trinajstić information content (AvgIpc) is 2.53. The summed E-state index contributed by atoms with van der Waals surface area (Å²) in [6, 6.07) is 0. The van der Waals surface area contributed by atoms with Crippen LogP contribution in [-0.2, 0) is 23.7 Å². The third-order valence-electron chi connectivity index (χ3n) is 4.03. The molecule has 8 atom stereocenters. The van der Waals surface area contributed by atoms with Gasteiger partial charge in [-0.05, 0) is 27.7 Å². The van der Waals surface area contributed by atoms with E-state index in [4.69, 9.17) is 23.7 Å². The van der Waals surface area contributed by atoms with Crippen LogP contribution in [0.5, 0.6) is 0 Å². The summed E-state index contributed by atoms with van der Waals surface area (Å²) in [5.41, 5.74) is 0. The molecule has 0 radical (unpaired) electrons. The molecule has 2 aliphatic heterocycles. The van der Waals surface area contributed by atoms with Gasteiger partial charge in [0.2, 0.25) is 0 Å². The summed E-state index contributed by atoms with van der Waals surface area (Å²) < 4.78 is 27.2. The number of aliphatic hydroxyl groups is 4. The topological polar surface area (TPSA) is 127 Å². The van der Waals surface area contributed by atoms with Crippen LogP contribution in [-0.4, -0.2) is 95.1 Å². The van der Waals surface area contributed by atoms with E-state index in [2.05, 4.69) is 0 Å². The maximum Gasteiger partial charge on any atom is 0.186 e. The molecule has 0 aliphatic carbocycles. The van der Waals surface area contributed by atoms with Crippen LogP contribution in [0, 0.1) is 0 Å². The minimum absolute atomic E-state index is 0.0341. The molecule has 9 heteroatoms. The lowest BCUT2D eigenvalue weighted by molar-refractivity contribution is -0.334. The van der Waals surface area contributed by atoms with Crippen molar-refractivity contribution in [3.63, 3.8) is 0 Å². The molecule has 148 valence electrons. The van der Waals surface area contributed by atoms with Gasteiger partial charge in [0.05, 0.1) is 25.4 Å². The van der Waals surface area contributed by atoms with Gasteiger partial charge in [-0.1, -0.05) is 0 Å². The van der Waals surface area contributed by atoms with Crippen molar-refractivity contribution in [1.29, 1.82) is 0 Å². The number of hydrogen-bond donors (Lipinski definition) is 4. The third-order valence-corrected chi connectivity index (χ3v) is 4.03. The summed E-state index contributed by atoms with van der Waals surface area (Å²) in [6.45, 7) is 7.18. The fraction of sp³-hybridized carbons (Fsp3) is 1.00. The van der Waals surface area contributed by atoms with Crippen molar-refractivity contribution < 1.29 is 44.1 Å². The fourth-order valence-electron chi connectivity index (χ4n) is 2.80. The first kappa shape index (κ1) is 20.9. The van der Waals surface area contributed by atoms with Crippen LogP contribution < -0.4 is 0 Å². The zero-order valence-corrected chi connectivity index (χ0v) is 15.0. The van der Waals surface area contributed by atoms with E-state index in [-0.39, 0.29) is 25.4 Å². The second kappa shape index (κ2) is 9.03. The highest BCUT2D eigenvalue weighted by molar-refractivity contribution is 4.88. The molecule has 0 aromatic heterocycles. The SMILES string of the molecule is CC(C)O[C@@H]1OC[C@@H](O[C@@H]2OC[C@@H](OC(C)C)[C@H](O)C2O)C(O)C1O. The van der Waals surface area contributed by atoms with E-state index in [1.54, 1.807) is 13.8 Å². The van der Waals surface area contributed by atoms with E-state index >= 15 is 0 Å². The Morgan fingerprint density at radius 2 is 1.16 bits per heavy atom. The first-order valence-electron chi connectivity index (χ1n) is 8.62. The second-order valence-electron chi connectivity index (χ2n) is 6.95. The molecule has 9 nitrogen and oxygen atoms in total. The van der Waals surface area contributed by atoms with Crippen molar-refractivity contribution in [3.8, 4) is 0 Å². The van der Waals surface area contributed by atoms with E-state index in [9.17, 15) is 20.4 Å². The van der Waals surface area contributed by atoms with E-state index in [0.29, 0.717) is 0 Å². The highest BCUT2D eigenvalue weighted by Gasteiger charge is 2.45. The largest absolute Gasteiger partial charge is 0.387 e. The Balaban J connectivity index is 1.90. The fourth-order valence-corrected chi connectivity index (χ4v) is 2.80. The molecule has 2 heterocycles. The lowest BCUT2D eigenvalue weighted by Crippen LogP contribution is -2.60. The number of ether oxygens (including phenoxy) is 5. The van der Waals surface area contributed by atoms with Gasteiger partial charge in [-0.3, -0.25) is 0 Å². The molecule has 0 spiro atoms. The van der Waals surface area contributed by atoms with Gasteiger partial charge in [-0.25, -0.2) is 0 Å². The Labute approximate surface area is 147 Å². The number of hydrogen-bond acceptors (Lipinski definition) is 9. The van der Waals surface area contributed by atoms with Crippen LogP contribution >= 0.6 is 0 Å². The zero-order valence-electron chi connectivity index (χ0n) is 15.0. The van der Waals surface area contributed by atoms with Crippen molar-refractivity contribution >= 4 is 0 Å². The van der Waals surface area contributed by atoms with Gasteiger partial charge in [0.1, 0.15) is 36.6 Å². The Bertz CT molecular complexity index is 369. The van der Waals surface area contributed by atoms with Crippen LogP contribution in [0.3, 0.4) is 0 Å². The molecule has 25 heavy (non-hydrogen) atoms. The first-order valence-corrected chi connectivity index (χ1v) is 8.62. The highest BCUT2D eigenvalue weighted by atomic mass is 16.7. The summed E-state index contributed by atoms with van der Waals surface area (Å²) >= 11 is 0. The summed E-state index contributed by atoms with van der Waals surface area (Å²) in [6.07, 6.45) is -9.17. The van der Waals surface area contributed by atoms with Crippen molar-refractivity contribution in [3.05, 3.63) is 0 Å². The molecule has 0 aromatic carbocycles. The summed E-state index contributed by atoms with van der Waals surface area (Å²) in [4.78, 5) is 0. The van der Waals surface area contributed by atoms with E-state index in [0.717, 1.165) is 0 Å². The molecule has 4 N–H and O–H groups in total. The Kier molecular flexibility index (Phi) is 7.56. The van der Waals surface area contributed by atoms with Crippen molar-refractivity contribution in [2.24, 2.45) is 0 Å². The molecule has 2 rings (SSSR count). The summed E-state index contributed by atoms with van der Waals surface area (Å²) in [7, 11) is 0. The molecule has 0 amide bonds. The molecule has 0 saturated carbocycles. The van der Waals surface area contributed by atoms with Gasteiger partial charge in [-0.2, -0.15) is 0 Å². The van der Waals surface area contributed by atoms with Gasteiger partial charge < -0.3 is 44.1 Å². The van der Waals surface area contributed by atoms with Gasteiger partial charge in [-0.15, -0.1) is 0 Å². The molecular formula is C16H30O9. The molecule has 3 unspecified atom stereocenters. The second-order valence-corrected chi connectivity index (χ2v) is 6.95. The van der Waals surface area contributed by atoms with Crippen LogP contribution in [0.15, 0.2) is 0 Å². The predicted octanol–water partition coefficient (Wildman–Crippen LogP) is -1.25. The minimum Gasteiger partial charge on any atom is -0.387 e. The van der Waals surface area contributed by atoms with Crippen LogP contribution in [0.1, 0.15) is 27.7 Å². The standard InChI is InChI=1S/C16H30O9/c1-7(2)23-9-5-22-16(14(20)11(9)17)25-10-6-21-15(24-8(3)4)13(19)12(10)18/h7-20H,5-6H2,1-4H3/t9-,10-,11+,12?,13?,14?,15+,16+/m1/s1. The molecule has 2 aliphatic rings. The Morgan fingerprint density at radius 1 is 0.680 bits per heavy atom. The van der Waals surface area contributed by atoms with Crippen molar-refractivity contribution in [1.82, 2.24) is 0 Å². The van der Waals surface area contributed by atoms with Crippen molar-refractivity contribution in [2.45, 2.75) is 89.1 Å². The normalized spacial score (nSPS) is 43.0. The van der Waals surface area contributed by atoms with E-state index < -0.39 is 49.2 Å². The van der Waals surface area contributed by atoms with Crippen LogP contribution in [0.2, 0.25) is 0 Å². The van der Waals surface area contributed by atoms with E-state index in [1.807, 2.05) is 13.8 Å². The van der Waals surface area contributed by atoms with Gasteiger partial charge in [0.15, 0.2) is 12.6 Å². The van der Waals surface area contributed by atoms with E-state index in [1.165, 1.54) is 0 Å². The summed E-state index contributed by atoms with van der Waals surface area (Å²) in [5.74, 6) is 0. The lowest BCUT2D eigenvalue weighted by Gasteiger charge is -2.42. The predicted molar refractivity (Wildman–Crippen MR) is 84.6 cm³/mol. The maximum atomic E-state index is 10.2. The van der Waals surface area contributed by atoms with Crippen LogP contribution in [0.25, 0.3) is 0 Å². The van der Waals surface area contributed by atoms with Gasteiger partial charge in [0, 0.05) is 0 Å². The minimum atomic E-state index is -1.36. The average molecular weight is 366 g/mol. The first-order chi connectivity index (χ1) is 11.7. The lowest BCUT2D eigenvalue weighted by atomic mass is 10.0. The molecule has 2 fully saturated rings. The van der Waals surface area contributed by atoms with Gasteiger partial charge in [0.25, 0.3) is 0 Å².